The van der Waals surface area contributed by atoms with E-state index in [0.717, 1.165) is 30.7 Å². The van der Waals surface area contributed by atoms with Gasteiger partial charge in [-0.2, -0.15) is 0 Å². The summed E-state index contributed by atoms with van der Waals surface area (Å²) in [6.45, 7) is 1.02. The first-order valence-electron chi connectivity index (χ1n) is 8.34. The molecule has 4 heterocycles. The smallest absolute Gasteiger partial charge is 0.141 e. The highest BCUT2D eigenvalue weighted by molar-refractivity contribution is 6.31. The molecule has 5 rings (SSSR count). The van der Waals surface area contributed by atoms with Crippen molar-refractivity contribution in [2.75, 3.05) is 11.4 Å². The zero-order valence-electron chi connectivity index (χ0n) is 13.4. The van der Waals surface area contributed by atoms with Crippen molar-refractivity contribution >= 4 is 22.9 Å². The number of imidazole rings is 1. The molecule has 0 saturated carbocycles. The number of rotatable bonds is 2. The monoisotopic (exact) mass is 354 g/mol. The molecular formula is C19H16ClFN4. The fraction of sp³-hybridized carbons (Fsp3) is 0.211. The van der Waals surface area contributed by atoms with Crippen LogP contribution in [0.25, 0.3) is 5.65 Å². The third-order valence-electron chi connectivity index (χ3n) is 4.96. The Morgan fingerprint density at radius 2 is 2.12 bits per heavy atom. The first-order valence-corrected chi connectivity index (χ1v) is 8.72. The van der Waals surface area contributed by atoms with Gasteiger partial charge in [-0.05, 0) is 43.2 Å². The molecule has 0 spiro atoms. The van der Waals surface area contributed by atoms with Crippen LogP contribution < -0.4 is 4.90 Å². The molecular weight excluding hydrogens is 339 g/mol. The zero-order chi connectivity index (χ0) is 17.0. The van der Waals surface area contributed by atoms with E-state index in [0.29, 0.717) is 0 Å². The standard InChI is InChI=1S/C19H16ClFN4/c20-16-10-14(4-5-17(16)21)25-12-15-2-1-8-24(15)19(25)13-3-6-18-22-7-9-23(18)11-13/h3-7,9-12,19H,1-2,8H2. The predicted octanol–water partition coefficient (Wildman–Crippen LogP) is 4.58. The Morgan fingerprint density at radius 1 is 1.20 bits per heavy atom. The van der Waals surface area contributed by atoms with Crippen LogP contribution in [0.3, 0.4) is 0 Å². The first-order chi connectivity index (χ1) is 12.2. The largest absolute Gasteiger partial charge is 0.349 e. The third kappa shape index (κ3) is 2.30. The molecule has 1 saturated heterocycles. The molecule has 1 unspecified atom stereocenters. The van der Waals surface area contributed by atoms with E-state index in [2.05, 4.69) is 33.2 Å². The van der Waals surface area contributed by atoms with Gasteiger partial charge < -0.3 is 14.2 Å². The van der Waals surface area contributed by atoms with E-state index in [1.165, 1.54) is 17.3 Å². The van der Waals surface area contributed by atoms with Crippen molar-refractivity contribution in [3.8, 4) is 0 Å². The summed E-state index contributed by atoms with van der Waals surface area (Å²) in [4.78, 5) is 8.91. The maximum atomic E-state index is 13.6. The Labute approximate surface area is 149 Å². The number of pyridine rings is 1. The topological polar surface area (TPSA) is 23.8 Å². The summed E-state index contributed by atoms with van der Waals surface area (Å²) in [7, 11) is 0. The molecule has 6 heteroatoms. The summed E-state index contributed by atoms with van der Waals surface area (Å²) in [5, 5.41) is 0.145. The van der Waals surface area contributed by atoms with Crippen LogP contribution in [0.1, 0.15) is 24.6 Å². The second-order valence-corrected chi connectivity index (χ2v) is 6.86. The molecule has 2 aliphatic heterocycles. The Morgan fingerprint density at radius 3 is 3.00 bits per heavy atom. The van der Waals surface area contributed by atoms with E-state index in [4.69, 9.17) is 11.6 Å². The van der Waals surface area contributed by atoms with Crippen LogP contribution in [0.15, 0.2) is 60.8 Å². The SMILES string of the molecule is Fc1ccc(N2C=C3CCCN3C2c2ccc3nccn3c2)cc1Cl. The van der Waals surface area contributed by atoms with Crippen LogP contribution in [0.4, 0.5) is 10.1 Å². The molecule has 25 heavy (non-hydrogen) atoms. The molecule has 0 N–H and O–H groups in total. The van der Waals surface area contributed by atoms with Gasteiger partial charge in [-0.25, -0.2) is 9.37 Å². The Bertz CT molecular complexity index is 996. The quantitative estimate of drug-likeness (QED) is 0.673. The van der Waals surface area contributed by atoms with Crippen molar-refractivity contribution in [3.63, 3.8) is 0 Å². The second kappa shape index (κ2) is 5.49. The highest BCUT2D eigenvalue weighted by atomic mass is 35.5. The second-order valence-electron chi connectivity index (χ2n) is 6.45. The number of nitrogens with zero attached hydrogens (tertiary/aromatic N) is 4. The van der Waals surface area contributed by atoms with Crippen molar-refractivity contribution in [2.45, 2.75) is 19.0 Å². The molecule has 4 nitrogen and oxygen atoms in total. The lowest BCUT2D eigenvalue weighted by Crippen LogP contribution is -2.30. The summed E-state index contributed by atoms with van der Waals surface area (Å²) in [6, 6.07) is 9.04. The first kappa shape index (κ1) is 14.8. The zero-order valence-corrected chi connectivity index (χ0v) is 14.2. The number of aromatic nitrogens is 2. The maximum absolute atomic E-state index is 13.6. The Hall–Kier alpha value is -2.53. The predicted molar refractivity (Wildman–Crippen MR) is 95.8 cm³/mol. The minimum atomic E-state index is -0.394. The van der Waals surface area contributed by atoms with Crippen molar-refractivity contribution in [3.05, 3.63) is 77.2 Å². The van der Waals surface area contributed by atoms with Crippen LogP contribution in [0.5, 0.6) is 0 Å². The highest BCUT2D eigenvalue weighted by Crippen LogP contribution is 2.43. The molecule has 1 atom stereocenters. The molecule has 1 fully saturated rings. The molecule has 0 radical (unpaired) electrons. The lowest BCUT2D eigenvalue weighted by Gasteiger charge is -2.32. The van der Waals surface area contributed by atoms with Gasteiger partial charge in [-0.15, -0.1) is 0 Å². The number of halogens is 2. The van der Waals surface area contributed by atoms with Gasteiger partial charge in [0.1, 0.15) is 17.6 Å². The van der Waals surface area contributed by atoms with E-state index >= 15 is 0 Å². The van der Waals surface area contributed by atoms with Crippen molar-refractivity contribution in [2.24, 2.45) is 0 Å². The van der Waals surface area contributed by atoms with Crippen LogP contribution in [-0.2, 0) is 0 Å². The van der Waals surface area contributed by atoms with Crippen LogP contribution in [0, 0.1) is 5.82 Å². The summed E-state index contributed by atoms with van der Waals surface area (Å²) in [6.07, 6.45) is 10.3. The maximum Gasteiger partial charge on any atom is 0.141 e. The highest BCUT2D eigenvalue weighted by Gasteiger charge is 2.36. The number of hydrogen-bond donors (Lipinski definition) is 0. The molecule has 2 aliphatic rings. The van der Waals surface area contributed by atoms with Crippen molar-refractivity contribution < 1.29 is 4.39 Å². The number of fused-ring (bicyclic) bond motifs is 2. The van der Waals surface area contributed by atoms with Gasteiger partial charge >= 0.3 is 0 Å². The molecule has 126 valence electrons. The minimum absolute atomic E-state index is 0.0471. The summed E-state index contributed by atoms with van der Waals surface area (Å²) >= 11 is 6.02. The summed E-state index contributed by atoms with van der Waals surface area (Å²) in [5.74, 6) is -0.394. The van der Waals surface area contributed by atoms with Gasteiger partial charge in [0.25, 0.3) is 0 Å². The Balaban J connectivity index is 1.62. The van der Waals surface area contributed by atoms with E-state index in [1.54, 1.807) is 18.3 Å². The van der Waals surface area contributed by atoms with Gasteiger partial charge in [0, 0.05) is 48.3 Å². The molecule has 0 aliphatic carbocycles. The van der Waals surface area contributed by atoms with E-state index in [1.807, 2.05) is 16.7 Å². The van der Waals surface area contributed by atoms with Crippen LogP contribution in [-0.4, -0.2) is 20.8 Å². The number of anilines is 1. The fourth-order valence-electron chi connectivity index (χ4n) is 3.81. The van der Waals surface area contributed by atoms with Gasteiger partial charge in [-0.3, -0.25) is 0 Å². The number of allylic oxidation sites excluding steroid dienone is 1. The normalized spacial score (nSPS) is 19.6. The molecule has 3 aromatic rings. The average molecular weight is 355 g/mol. The Kier molecular flexibility index (Phi) is 3.25. The van der Waals surface area contributed by atoms with Crippen molar-refractivity contribution in [1.82, 2.24) is 14.3 Å². The lowest BCUT2D eigenvalue weighted by molar-refractivity contribution is 0.318. The van der Waals surface area contributed by atoms with E-state index in [-0.39, 0.29) is 11.2 Å². The van der Waals surface area contributed by atoms with Crippen LogP contribution in [0.2, 0.25) is 5.02 Å². The lowest BCUT2D eigenvalue weighted by atomic mass is 10.1. The number of hydrogen-bond acceptors (Lipinski definition) is 3. The molecule has 2 aromatic heterocycles. The van der Waals surface area contributed by atoms with Crippen LogP contribution >= 0.6 is 11.6 Å². The summed E-state index contributed by atoms with van der Waals surface area (Å²) < 4.78 is 15.6. The molecule has 0 amide bonds. The van der Waals surface area contributed by atoms with E-state index in [9.17, 15) is 4.39 Å². The summed E-state index contributed by atoms with van der Waals surface area (Å²) in [5.41, 5.74) is 4.30. The molecule has 1 aromatic carbocycles. The van der Waals surface area contributed by atoms with Gasteiger partial charge in [-0.1, -0.05) is 11.6 Å². The van der Waals surface area contributed by atoms with Gasteiger partial charge in [0.15, 0.2) is 0 Å². The van der Waals surface area contributed by atoms with E-state index < -0.39 is 5.82 Å². The average Bonchev–Trinajstić information content (AvgIpc) is 3.31. The fourth-order valence-corrected chi connectivity index (χ4v) is 3.98. The third-order valence-corrected chi connectivity index (χ3v) is 5.25. The minimum Gasteiger partial charge on any atom is -0.349 e. The number of benzene rings is 1. The molecule has 0 bridgehead atoms. The van der Waals surface area contributed by atoms with Gasteiger partial charge in [0.2, 0.25) is 0 Å². The van der Waals surface area contributed by atoms with Crippen molar-refractivity contribution in [1.29, 1.82) is 0 Å². The van der Waals surface area contributed by atoms with Gasteiger partial charge in [0.05, 0.1) is 5.02 Å².